The largest absolute Gasteiger partial charge is 0.369 e. The summed E-state index contributed by atoms with van der Waals surface area (Å²) in [7, 11) is 0. The normalized spacial score (nSPS) is 30.9. The van der Waals surface area contributed by atoms with Crippen molar-refractivity contribution in [3.8, 4) is 0 Å². The zero-order valence-electron chi connectivity index (χ0n) is 11.7. The Kier molecular flexibility index (Phi) is 3.19. The van der Waals surface area contributed by atoms with Gasteiger partial charge >= 0.3 is 0 Å². The van der Waals surface area contributed by atoms with Gasteiger partial charge in [-0.25, -0.2) is 9.37 Å². The summed E-state index contributed by atoms with van der Waals surface area (Å²) in [5.74, 6) is -1.45. The number of rotatable bonds is 3. The van der Waals surface area contributed by atoms with Gasteiger partial charge in [0.2, 0.25) is 5.91 Å². The lowest BCUT2D eigenvalue weighted by molar-refractivity contribution is -0.128. The van der Waals surface area contributed by atoms with E-state index in [1.54, 1.807) is 0 Å². The van der Waals surface area contributed by atoms with E-state index in [4.69, 9.17) is 5.73 Å². The average molecular weight is 291 g/mol. The maximum absolute atomic E-state index is 13.6. The Morgan fingerprint density at radius 3 is 2.81 bits per heavy atom. The van der Waals surface area contributed by atoms with Crippen LogP contribution in [0.25, 0.3) is 0 Å². The van der Waals surface area contributed by atoms with Gasteiger partial charge in [-0.2, -0.15) is 0 Å². The fourth-order valence-corrected chi connectivity index (χ4v) is 3.85. The molecule has 0 aromatic carbocycles. The van der Waals surface area contributed by atoms with Gasteiger partial charge in [-0.3, -0.25) is 9.59 Å². The summed E-state index contributed by atoms with van der Waals surface area (Å²) in [6, 6.07) is 2.65. The minimum absolute atomic E-state index is 0.200. The van der Waals surface area contributed by atoms with Crippen molar-refractivity contribution in [2.75, 3.05) is 0 Å². The number of carbonyl (C=O) groups is 2. The first-order valence-electron chi connectivity index (χ1n) is 7.19. The zero-order chi connectivity index (χ0) is 15.1. The number of nitrogens with one attached hydrogen (secondary N) is 1. The van der Waals surface area contributed by atoms with Crippen molar-refractivity contribution in [1.29, 1.82) is 0 Å². The first-order valence-corrected chi connectivity index (χ1v) is 7.19. The Hall–Kier alpha value is -1.98. The van der Waals surface area contributed by atoms with E-state index < -0.39 is 22.7 Å². The highest BCUT2D eigenvalue weighted by Crippen LogP contribution is 2.53. The predicted molar refractivity (Wildman–Crippen MR) is 73.7 cm³/mol. The number of fused-ring (bicyclic) bond motifs is 2. The van der Waals surface area contributed by atoms with E-state index in [0.717, 1.165) is 19.3 Å². The molecule has 2 aliphatic carbocycles. The highest BCUT2D eigenvalue weighted by molar-refractivity contribution is 5.93. The summed E-state index contributed by atoms with van der Waals surface area (Å²) in [6.45, 7) is 0. The Labute approximate surface area is 122 Å². The van der Waals surface area contributed by atoms with Crippen molar-refractivity contribution in [3.05, 3.63) is 29.8 Å². The molecule has 1 aromatic rings. The maximum atomic E-state index is 13.6. The van der Waals surface area contributed by atoms with E-state index in [1.807, 2.05) is 0 Å². The van der Waals surface area contributed by atoms with Gasteiger partial charge in [0.05, 0.1) is 5.41 Å². The molecule has 0 radical (unpaired) electrons. The van der Waals surface area contributed by atoms with Gasteiger partial charge < -0.3 is 11.1 Å². The van der Waals surface area contributed by atoms with Gasteiger partial charge in [-0.05, 0) is 44.2 Å². The number of halogens is 1. The number of primary amides is 1. The first kappa shape index (κ1) is 14.0. The molecule has 2 amide bonds. The number of amides is 2. The molecule has 3 N–H and O–H groups in total. The molecular formula is C15H18FN3O2. The number of aromatic nitrogens is 1. The molecule has 6 heteroatoms. The van der Waals surface area contributed by atoms with Crippen LogP contribution in [0.5, 0.6) is 0 Å². The van der Waals surface area contributed by atoms with Crippen molar-refractivity contribution in [1.82, 2.24) is 10.3 Å². The third-order valence-corrected chi connectivity index (χ3v) is 4.94. The lowest BCUT2D eigenvalue weighted by Crippen LogP contribution is -2.51. The van der Waals surface area contributed by atoms with Crippen LogP contribution in [0, 0.1) is 11.2 Å². The summed E-state index contributed by atoms with van der Waals surface area (Å²) in [5.41, 5.74) is 4.38. The number of hydrogen-bond donors (Lipinski definition) is 2. The van der Waals surface area contributed by atoms with Gasteiger partial charge in [-0.15, -0.1) is 0 Å². The van der Waals surface area contributed by atoms with Crippen LogP contribution in [0.1, 0.15) is 49.0 Å². The minimum atomic E-state index is -0.638. The van der Waals surface area contributed by atoms with E-state index in [-0.39, 0.29) is 11.6 Å². The number of nitrogens with zero attached hydrogens (tertiary/aromatic N) is 1. The Morgan fingerprint density at radius 1 is 1.29 bits per heavy atom. The van der Waals surface area contributed by atoms with Crippen molar-refractivity contribution in [2.24, 2.45) is 11.1 Å². The number of hydrogen-bond acceptors (Lipinski definition) is 3. The molecule has 2 aliphatic rings. The Bertz CT molecular complexity index is 606. The van der Waals surface area contributed by atoms with Crippen molar-refractivity contribution in [3.63, 3.8) is 0 Å². The Morgan fingerprint density at radius 2 is 2.10 bits per heavy atom. The molecule has 0 aliphatic heterocycles. The third-order valence-electron chi connectivity index (χ3n) is 4.94. The summed E-state index contributed by atoms with van der Waals surface area (Å²) in [4.78, 5) is 27.8. The van der Waals surface area contributed by atoms with Crippen molar-refractivity contribution in [2.45, 2.75) is 44.1 Å². The van der Waals surface area contributed by atoms with Gasteiger partial charge in [0.15, 0.2) is 11.5 Å². The lowest BCUT2D eigenvalue weighted by Gasteiger charge is -2.38. The van der Waals surface area contributed by atoms with Gasteiger partial charge in [0, 0.05) is 11.7 Å². The monoisotopic (exact) mass is 291 g/mol. The van der Waals surface area contributed by atoms with Gasteiger partial charge in [-0.1, -0.05) is 6.42 Å². The standard InChI is InChI=1S/C15H18FN3O2/c16-10-3-1-8-18-11(10)12(20)19-15-5-2-4-14(9-15,6-7-15)13(17)21/h1,3,8H,2,4-7,9H2,(H2,17,21)(H,19,20)/t14-,15+/m1/s1. The molecule has 21 heavy (non-hydrogen) atoms. The minimum Gasteiger partial charge on any atom is -0.369 e. The molecule has 3 rings (SSSR count). The molecule has 1 heterocycles. The smallest absolute Gasteiger partial charge is 0.273 e. The SMILES string of the molecule is NC(=O)[C@]12CCC[C@](NC(=O)c3ncccc3F)(CC1)C2. The van der Waals surface area contributed by atoms with Crippen LogP contribution >= 0.6 is 0 Å². The first-order chi connectivity index (χ1) is 9.96. The van der Waals surface area contributed by atoms with E-state index in [2.05, 4.69) is 10.3 Å². The van der Waals surface area contributed by atoms with Crippen LogP contribution in [0.15, 0.2) is 18.3 Å². The summed E-state index contributed by atoms with van der Waals surface area (Å²) >= 11 is 0. The van der Waals surface area contributed by atoms with Gasteiger partial charge in [0.1, 0.15) is 0 Å². The van der Waals surface area contributed by atoms with Crippen LogP contribution in [-0.2, 0) is 4.79 Å². The average Bonchev–Trinajstić information content (AvgIpc) is 2.71. The molecule has 5 nitrogen and oxygen atoms in total. The molecular weight excluding hydrogens is 273 g/mol. The topological polar surface area (TPSA) is 85.1 Å². The van der Waals surface area contributed by atoms with Crippen LogP contribution in [0.2, 0.25) is 0 Å². The number of carbonyl (C=O) groups excluding carboxylic acids is 2. The van der Waals surface area contributed by atoms with E-state index in [9.17, 15) is 14.0 Å². The molecule has 2 saturated carbocycles. The number of pyridine rings is 1. The van der Waals surface area contributed by atoms with Crippen LogP contribution < -0.4 is 11.1 Å². The molecule has 0 spiro atoms. The highest BCUT2D eigenvalue weighted by Gasteiger charge is 2.54. The summed E-state index contributed by atoms with van der Waals surface area (Å²) < 4.78 is 13.6. The fourth-order valence-electron chi connectivity index (χ4n) is 3.85. The molecule has 0 unspecified atom stereocenters. The second kappa shape index (κ2) is 4.79. The van der Waals surface area contributed by atoms with Crippen LogP contribution in [0.3, 0.4) is 0 Å². The zero-order valence-corrected chi connectivity index (χ0v) is 11.7. The maximum Gasteiger partial charge on any atom is 0.273 e. The second-order valence-corrected chi connectivity index (χ2v) is 6.24. The van der Waals surface area contributed by atoms with Crippen LogP contribution in [0.4, 0.5) is 4.39 Å². The third kappa shape index (κ3) is 2.28. The molecule has 2 bridgehead atoms. The summed E-state index contributed by atoms with van der Waals surface area (Å²) in [6.07, 6.45) is 5.74. The van der Waals surface area contributed by atoms with Crippen molar-refractivity contribution < 1.29 is 14.0 Å². The molecule has 1 aromatic heterocycles. The quantitative estimate of drug-likeness (QED) is 0.885. The molecule has 2 atom stereocenters. The number of nitrogens with two attached hydrogens (primary N) is 1. The Balaban J connectivity index is 1.81. The highest BCUT2D eigenvalue weighted by atomic mass is 19.1. The molecule has 0 saturated heterocycles. The fraction of sp³-hybridized carbons (Fsp3) is 0.533. The summed E-state index contributed by atoms with van der Waals surface area (Å²) in [5, 5.41) is 2.91. The molecule has 2 fully saturated rings. The van der Waals surface area contributed by atoms with Gasteiger partial charge in [0.25, 0.3) is 5.91 Å². The van der Waals surface area contributed by atoms with E-state index >= 15 is 0 Å². The predicted octanol–water partition coefficient (Wildman–Crippen LogP) is 1.53. The van der Waals surface area contributed by atoms with Crippen LogP contribution in [-0.4, -0.2) is 22.3 Å². The van der Waals surface area contributed by atoms with E-state index in [1.165, 1.54) is 18.3 Å². The second-order valence-electron chi connectivity index (χ2n) is 6.24. The lowest BCUT2D eigenvalue weighted by atomic mass is 9.72. The van der Waals surface area contributed by atoms with Crippen molar-refractivity contribution >= 4 is 11.8 Å². The molecule has 112 valence electrons. The van der Waals surface area contributed by atoms with E-state index in [0.29, 0.717) is 19.3 Å².